The van der Waals surface area contributed by atoms with Crippen molar-refractivity contribution in [1.82, 2.24) is 5.32 Å². The lowest BCUT2D eigenvalue weighted by atomic mass is 10.1. The summed E-state index contributed by atoms with van der Waals surface area (Å²) in [4.78, 5) is 12.3. The van der Waals surface area contributed by atoms with Gasteiger partial charge in [-0.2, -0.15) is 0 Å². The van der Waals surface area contributed by atoms with Gasteiger partial charge < -0.3 is 10.1 Å². The van der Waals surface area contributed by atoms with Crippen LogP contribution in [0.25, 0.3) is 0 Å². The van der Waals surface area contributed by atoms with Gasteiger partial charge in [-0.15, -0.1) is 0 Å². The van der Waals surface area contributed by atoms with E-state index in [0.29, 0.717) is 17.9 Å². The van der Waals surface area contributed by atoms with Crippen LogP contribution in [0.5, 0.6) is 5.75 Å². The van der Waals surface area contributed by atoms with E-state index in [0.717, 1.165) is 5.56 Å². The van der Waals surface area contributed by atoms with Crippen molar-refractivity contribution >= 4 is 5.91 Å². The van der Waals surface area contributed by atoms with Gasteiger partial charge in [-0.05, 0) is 31.5 Å². The SMILES string of the molecule is CCOc1ccccc1C(=O)NC(C)c1ccccc1. The summed E-state index contributed by atoms with van der Waals surface area (Å²) in [7, 11) is 0. The quantitative estimate of drug-likeness (QED) is 0.901. The van der Waals surface area contributed by atoms with Crippen molar-refractivity contribution < 1.29 is 9.53 Å². The number of benzene rings is 2. The van der Waals surface area contributed by atoms with E-state index >= 15 is 0 Å². The molecule has 0 fully saturated rings. The first kappa shape index (κ1) is 14.1. The number of nitrogens with one attached hydrogen (secondary N) is 1. The number of ether oxygens (including phenoxy) is 1. The van der Waals surface area contributed by atoms with Crippen LogP contribution in [0.4, 0.5) is 0 Å². The molecule has 0 saturated carbocycles. The molecule has 0 aliphatic rings. The number of carbonyl (C=O) groups excluding carboxylic acids is 1. The molecule has 1 N–H and O–H groups in total. The topological polar surface area (TPSA) is 38.3 Å². The van der Waals surface area contributed by atoms with Crippen LogP contribution in [0.2, 0.25) is 0 Å². The maximum atomic E-state index is 12.3. The Kier molecular flexibility index (Phi) is 4.77. The Bertz CT molecular complexity index is 566. The van der Waals surface area contributed by atoms with Crippen LogP contribution in [0.1, 0.15) is 35.8 Å². The second-order valence-electron chi connectivity index (χ2n) is 4.54. The molecule has 20 heavy (non-hydrogen) atoms. The first-order valence-corrected chi connectivity index (χ1v) is 6.80. The summed E-state index contributed by atoms with van der Waals surface area (Å²) >= 11 is 0. The molecule has 0 aromatic heterocycles. The largest absolute Gasteiger partial charge is 0.493 e. The van der Waals surface area contributed by atoms with Gasteiger partial charge in [0, 0.05) is 0 Å². The summed E-state index contributed by atoms with van der Waals surface area (Å²) in [5.74, 6) is 0.498. The summed E-state index contributed by atoms with van der Waals surface area (Å²) in [6.45, 7) is 4.41. The number of hydrogen-bond donors (Lipinski definition) is 1. The smallest absolute Gasteiger partial charge is 0.255 e. The Hall–Kier alpha value is -2.29. The third-order valence-electron chi connectivity index (χ3n) is 3.08. The Balaban J connectivity index is 2.12. The maximum absolute atomic E-state index is 12.3. The number of carbonyl (C=O) groups is 1. The van der Waals surface area contributed by atoms with E-state index in [1.54, 1.807) is 6.07 Å². The fraction of sp³-hybridized carbons (Fsp3) is 0.235. The molecule has 0 saturated heterocycles. The molecule has 3 heteroatoms. The first-order chi connectivity index (χ1) is 9.72. The number of amides is 1. The summed E-state index contributed by atoms with van der Waals surface area (Å²) < 4.78 is 5.48. The molecule has 0 bridgehead atoms. The highest BCUT2D eigenvalue weighted by molar-refractivity contribution is 5.97. The van der Waals surface area contributed by atoms with Crippen molar-refractivity contribution in [2.45, 2.75) is 19.9 Å². The average molecular weight is 269 g/mol. The lowest BCUT2D eigenvalue weighted by Crippen LogP contribution is -2.27. The average Bonchev–Trinajstić information content (AvgIpc) is 2.49. The molecule has 104 valence electrons. The molecule has 3 nitrogen and oxygen atoms in total. The highest BCUT2D eigenvalue weighted by Crippen LogP contribution is 2.19. The van der Waals surface area contributed by atoms with E-state index in [1.165, 1.54) is 0 Å². The molecule has 0 heterocycles. The van der Waals surface area contributed by atoms with Gasteiger partial charge in [-0.3, -0.25) is 4.79 Å². The molecule has 1 atom stereocenters. The monoisotopic (exact) mass is 269 g/mol. The first-order valence-electron chi connectivity index (χ1n) is 6.80. The van der Waals surface area contributed by atoms with Crippen molar-refractivity contribution in [3.05, 3.63) is 65.7 Å². The fourth-order valence-electron chi connectivity index (χ4n) is 2.04. The Morgan fingerprint density at radius 1 is 1.10 bits per heavy atom. The number of para-hydroxylation sites is 1. The Labute approximate surface area is 119 Å². The van der Waals surface area contributed by atoms with Gasteiger partial charge >= 0.3 is 0 Å². The highest BCUT2D eigenvalue weighted by Gasteiger charge is 2.14. The molecular formula is C17H19NO2. The zero-order chi connectivity index (χ0) is 14.4. The highest BCUT2D eigenvalue weighted by atomic mass is 16.5. The van der Waals surface area contributed by atoms with Crippen LogP contribution in [-0.2, 0) is 0 Å². The van der Waals surface area contributed by atoms with Crippen molar-refractivity contribution in [2.24, 2.45) is 0 Å². The molecule has 2 aromatic carbocycles. The third-order valence-corrected chi connectivity index (χ3v) is 3.08. The van der Waals surface area contributed by atoms with E-state index in [1.807, 2.05) is 62.4 Å². The second-order valence-corrected chi connectivity index (χ2v) is 4.54. The van der Waals surface area contributed by atoms with Gasteiger partial charge in [-0.1, -0.05) is 42.5 Å². The van der Waals surface area contributed by atoms with Crippen LogP contribution in [0, 0.1) is 0 Å². The molecule has 2 rings (SSSR count). The minimum absolute atomic E-state index is 0.0432. The van der Waals surface area contributed by atoms with E-state index in [2.05, 4.69) is 5.32 Å². The van der Waals surface area contributed by atoms with Gasteiger partial charge in [-0.25, -0.2) is 0 Å². The predicted octanol–water partition coefficient (Wildman–Crippen LogP) is 3.58. The Morgan fingerprint density at radius 3 is 2.45 bits per heavy atom. The van der Waals surface area contributed by atoms with Gasteiger partial charge in [0.05, 0.1) is 18.2 Å². The minimum atomic E-state index is -0.120. The summed E-state index contributed by atoms with van der Waals surface area (Å²) in [5.41, 5.74) is 1.65. The molecule has 0 aliphatic carbocycles. The van der Waals surface area contributed by atoms with E-state index < -0.39 is 0 Å². The van der Waals surface area contributed by atoms with Gasteiger partial charge in [0.25, 0.3) is 5.91 Å². The molecule has 2 aromatic rings. The molecule has 1 amide bonds. The summed E-state index contributed by atoms with van der Waals surface area (Å²) in [6, 6.07) is 17.1. The molecule has 1 unspecified atom stereocenters. The van der Waals surface area contributed by atoms with Crippen molar-refractivity contribution in [1.29, 1.82) is 0 Å². The van der Waals surface area contributed by atoms with E-state index in [4.69, 9.17) is 4.74 Å². The van der Waals surface area contributed by atoms with Crippen LogP contribution in [0.15, 0.2) is 54.6 Å². The van der Waals surface area contributed by atoms with E-state index in [9.17, 15) is 4.79 Å². The van der Waals surface area contributed by atoms with E-state index in [-0.39, 0.29) is 11.9 Å². The molecule has 0 aliphatic heterocycles. The van der Waals surface area contributed by atoms with Gasteiger partial charge in [0.15, 0.2) is 0 Å². The molecular weight excluding hydrogens is 250 g/mol. The Morgan fingerprint density at radius 2 is 1.75 bits per heavy atom. The van der Waals surface area contributed by atoms with Crippen molar-refractivity contribution in [3.63, 3.8) is 0 Å². The van der Waals surface area contributed by atoms with Crippen LogP contribution in [-0.4, -0.2) is 12.5 Å². The zero-order valence-corrected chi connectivity index (χ0v) is 11.8. The number of hydrogen-bond acceptors (Lipinski definition) is 2. The zero-order valence-electron chi connectivity index (χ0n) is 11.8. The normalized spacial score (nSPS) is 11.7. The third kappa shape index (κ3) is 3.38. The summed E-state index contributed by atoms with van der Waals surface area (Å²) in [5, 5.41) is 2.99. The van der Waals surface area contributed by atoms with Crippen molar-refractivity contribution in [2.75, 3.05) is 6.61 Å². The second kappa shape index (κ2) is 6.75. The number of rotatable bonds is 5. The van der Waals surface area contributed by atoms with Crippen molar-refractivity contribution in [3.8, 4) is 5.75 Å². The molecule has 0 radical (unpaired) electrons. The lowest BCUT2D eigenvalue weighted by molar-refractivity contribution is 0.0936. The van der Waals surface area contributed by atoms with Crippen LogP contribution < -0.4 is 10.1 Å². The van der Waals surface area contributed by atoms with Gasteiger partial charge in [0.1, 0.15) is 5.75 Å². The minimum Gasteiger partial charge on any atom is -0.493 e. The predicted molar refractivity (Wildman–Crippen MR) is 79.9 cm³/mol. The van der Waals surface area contributed by atoms with Gasteiger partial charge in [0.2, 0.25) is 0 Å². The fourth-order valence-corrected chi connectivity index (χ4v) is 2.04. The maximum Gasteiger partial charge on any atom is 0.255 e. The van der Waals surface area contributed by atoms with Crippen LogP contribution >= 0.6 is 0 Å². The standard InChI is InChI=1S/C17H19NO2/c1-3-20-16-12-8-7-11-15(16)17(19)18-13(2)14-9-5-4-6-10-14/h4-13H,3H2,1-2H3,(H,18,19). The lowest BCUT2D eigenvalue weighted by Gasteiger charge is -2.16. The summed E-state index contributed by atoms with van der Waals surface area (Å²) in [6.07, 6.45) is 0. The molecule has 0 spiro atoms. The van der Waals surface area contributed by atoms with Crippen LogP contribution in [0.3, 0.4) is 0 Å².